The van der Waals surface area contributed by atoms with Crippen molar-refractivity contribution in [2.75, 3.05) is 12.4 Å². The fourth-order valence-corrected chi connectivity index (χ4v) is 7.59. The second-order valence-corrected chi connectivity index (χ2v) is 11.5. The number of hydrogen-bond acceptors (Lipinski definition) is 3. The van der Waals surface area contributed by atoms with Gasteiger partial charge in [0.15, 0.2) is 9.84 Å². The third kappa shape index (κ3) is 1.96. The van der Waals surface area contributed by atoms with E-state index in [1.54, 1.807) is 0 Å². The van der Waals surface area contributed by atoms with Crippen LogP contribution in [0.25, 0.3) is 0 Å². The zero-order chi connectivity index (χ0) is 10.3. The fourth-order valence-electron chi connectivity index (χ4n) is 1.57. The van der Waals surface area contributed by atoms with Crippen molar-refractivity contribution in [3.8, 4) is 0 Å². The summed E-state index contributed by atoms with van der Waals surface area (Å²) in [5.74, 6) is 0.821. The van der Waals surface area contributed by atoms with Crippen LogP contribution in [0.3, 0.4) is 0 Å². The standard InChI is InChI=1S/C8H16O3SSi/c1-5-11-7-6-12(9,10)8(7)13(2,3)4/h5-6H2,1-4H3. The summed E-state index contributed by atoms with van der Waals surface area (Å²) in [5.41, 5.74) is 0. The van der Waals surface area contributed by atoms with E-state index in [9.17, 15) is 8.42 Å². The normalized spacial score (nSPS) is 21.2. The van der Waals surface area contributed by atoms with Crippen molar-refractivity contribution in [3.63, 3.8) is 0 Å². The Bertz CT molecular complexity index is 335. The minimum atomic E-state index is -2.93. The molecule has 0 fully saturated rings. The van der Waals surface area contributed by atoms with Crippen LogP contribution in [0.15, 0.2) is 10.3 Å². The van der Waals surface area contributed by atoms with Gasteiger partial charge in [-0.25, -0.2) is 8.42 Å². The average molecular weight is 220 g/mol. The SMILES string of the molecule is CCOC1=C([Si](C)(C)C)S(=O)(=O)C1. The lowest BCUT2D eigenvalue weighted by molar-refractivity contribution is 0.228. The van der Waals surface area contributed by atoms with E-state index in [-0.39, 0.29) is 5.75 Å². The molecule has 0 aliphatic carbocycles. The predicted octanol–water partition coefficient (Wildman–Crippen LogP) is 1.54. The number of sulfone groups is 1. The third-order valence-corrected chi connectivity index (χ3v) is 7.79. The summed E-state index contributed by atoms with van der Waals surface area (Å²) < 4.78 is 28.8. The first-order valence-electron chi connectivity index (χ1n) is 4.38. The van der Waals surface area contributed by atoms with Crippen molar-refractivity contribution >= 4 is 17.9 Å². The fraction of sp³-hybridized carbons (Fsp3) is 0.750. The number of rotatable bonds is 3. The molecule has 1 rings (SSSR count). The lowest BCUT2D eigenvalue weighted by atomic mass is 10.6. The highest BCUT2D eigenvalue weighted by atomic mass is 32.2. The summed E-state index contributed by atoms with van der Waals surface area (Å²) in [6.45, 7) is 8.51. The largest absolute Gasteiger partial charge is 0.497 e. The Morgan fingerprint density at radius 3 is 2.23 bits per heavy atom. The van der Waals surface area contributed by atoms with Crippen LogP contribution in [0.1, 0.15) is 6.92 Å². The third-order valence-electron chi connectivity index (χ3n) is 1.89. The van der Waals surface area contributed by atoms with Gasteiger partial charge in [-0.15, -0.1) is 0 Å². The summed E-state index contributed by atoms with van der Waals surface area (Å²) in [6, 6.07) is 0. The van der Waals surface area contributed by atoms with Crippen LogP contribution in [0.4, 0.5) is 0 Å². The second kappa shape index (κ2) is 3.13. The van der Waals surface area contributed by atoms with Gasteiger partial charge in [0.2, 0.25) is 0 Å². The van der Waals surface area contributed by atoms with Crippen molar-refractivity contribution in [1.29, 1.82) is 0 Å². The molecule has 13 heavy (non-hydrogen) atoms. The maximum atomic E-state index is 11.4. The van der Waals surface area contributed by atoms with Crippen molar-refractivity contribution < 1.29 is 13.2 Å². The molecule has 0 radical (unpaired) electrons. The van der Waals surface area contributed by atoms with Gasteiger partial charge < -0.3 is 4.74 Å². The van der Waals surface area contributed by atoms with E-state index < -0.39 is 17.9 Å². The molecular formula is C8H16O3SSi. The topological polar surface area (TPSA) is 43.4 Å². The Kier molecular flexibility index (Phi) is 2.60. The lowest BCUT2D eigenvalue weighted by Gasteiger charge is -2.31. The smallest absolute Gasteiger partial charge is 0.181 e. The van der Waals surface area contributed by atoms with Gasteiger partial charge in [-0.3, -0.25) is 0 Å². The molecule has 1 heterocycles. The van der Waals surface area contributed by atoms with Gasteiger partial charge in [0.1, 0.15) is 11.5 Å². The van der Waals surface area contributed by atoms with Gasteiger partial charge in [-0.2, -0.15) is 0 Å². The maximum Gasteiger partial charge on any atom is 0.181 e. The molecule has 3 nitrogen and oxygen atoms in total. The van der Waals surface area contributed by atoms with Crippen molar-refractivity contribution in [2.24, 2.45) is 0 Å². The minimum absolute atomic E-state index is 0.112. The molecule has 0 aromatic carbocycles. The Labute approximate surface area is 80.7 Å². The summed E-state index contributed by atoms with van der Waals surface area (Å²) in [7, 11) is -4.68. The molecule has 0 bridgehead atoms. The van der Waals surface area contributed by atoms with Gasteiger partial charge in [0.25, 0.3) is 0 Å². The molecule has 0 unspecified atom stereocenters. The molecule has 0 aromatic heterocycles. The molecule has 0 saturated heterocycles. The van der Waals surface area contributed by atoms with E-state index in [1.807, 2.05) is 26.6 Å². The highest BCUT2D eigenvalue weighted by Gasteiger charge is 2.43. The van der Waals surface area contributed by atoms with Crippen LogP contribution in [0, 0.1) is 0 Å². The molecule has 0 saturated carbocycles. The van der Waals surface area contributed by atoms with Crippen LogP contribution in [0.2, 0.25) is 19.6 Å². The first-order chi connectivity index (χ1) is 5.79. The highest BCUT2D eigenvalue weighted by Crippen LogP contribution is 2.34. The van der Waals surface area contributed by atoms with Crippen LogP contribution in [-0.4, -0.2) is 28.9 Å². The van der Waals surface area contributed by atoms with E-state index in [1.165, 1.54) is 0 Å². The van der Waals surface area contributed by atoms with Crippen LogP contribution in [-0.2, 0) is 14.6 Å². The van der Waals surface area contributed by atoms with Crippen molar-refractivity contribution in [3.05, 3.63) is 10.3 Å². The Morgan fingerprint density at radius 1 is 1.38 bits per heavy atom. The molecule has 5 heteroatoms. The Balaban J connectivity index is 3.07. The van der Waals surface area contributed by atoms with E-state index in [2.05, 4.69) is 0 Å². The highest BCUT2D eigenvalue weighted by molar-refractivity contribution is 7.99. The number of hydrogen-bond donors (Lipinski definition) is 0. The zero-order valence-corrected chi connectivity index (χ0v) is 10.4. The molecule has 0 atom stereocenters. The van der Waals surface area contributed by atoms with Crippen molar-refractivity contribution in [1.82, 2.24) is 0 Å². The molecule has 0 amide bonds. The van der Waals surface area contributed by atoms with Crippen LogP contribution >= 0.6 is 0 Å². The van der Waals surface area contributed by atoms with E-state index in [0.717, 1.165) is 0 Å². The quantitative estimate of drug-likeness (QED) is 0.678. The molecule has 1 aliphatic heterocycles. The average Bonchev–Trinajstić information content (AvgIpc) is 1.80. The van der Waals surface area contributed by atoms with Gasteiger partial charge in [0, 0.05) is 0 Å². The van der Waals surface area contributed by atoms with Gasteiger partial charge >= 0.3 is 0 Å². The van der Waals surface area contributed by atoms with Gasteiger partial charge in [-0.1, -0.05) is 19.6 Å². The molecule has 0 aromatic rings. The monoisotopic (exact) mass is 220 g/mol. The van der Waals surface area contributed by atoms with Crippen LogP contribution in [0.5, 0.6) is 0 Å². The van der Waals surface area contributed by atoms with E-state index in [0.29, 0.717) is 16.9 Å². The lowest BCUT2D eigenvalue weighted by Crippen LogP contribution is -2.40. The maximum absolute atomic E-state index is 11.4. The van der Waals surface area contributed by atoms with Crippen LogP contribution < -0.4 is 0 Å². The minimum Gasteiger partial charge on any atom is -0.497 e. The molecule has 1 aliphatic rings. The number of ether oxygens (including phenoxy) is 1. The van der Waals surface area contributed by atoms with Crippen molar-refractivity contribution in [2.45, 2.75) is 26.6 Å². The first-order valence-corrected chi connectivity index (χ1v) is 9.53. The van der Waals surface area contributed by atoms with Gasteiger partial charge in [0.05, 0.1) is 19.2 Å². The molecule has 76 valence electrons. The Morgan fingerprint density at radius 2 is 1.92 bits per heavy atom. The predicted molar refractivity (Wildman–Crippen MR) is 55.8 cm³/mol. The summed E-state index contributed by atoms with van der Waals surface area (Å²) in [6.07, 6.45) is 0. The van der Waals surface area contributed by atoms with E-state index >= 15 is 0 Å². The summed E-state index contributed by atoms with van der Waals surface area (Å²) in [4.78, 5) is 0. The second-order valence-electron chi connectivity index (χ2n) is 4.19. The first kappa shape index (κ1) is 10.8. The molecule has 0 spiro atoms. The van der Waals surface area contributed by atoms with E-state index in [4.69, 9.17) is 4.74 Å². The molecule has 0 N–H and O–H groups in total. The zero-order valence-electron chi connectivity index (χ0n) is 8.55. The van der Waals surface area contributed by atoms with Gasteiger partial charge in [-0.05, 0) is 6.92 Å². The summed E-state index contributed by atoms with van der Waals surface area (Å²) >= 11 is 0. The Hall–Kier alpha value is -0.293. The summed E-state index contributed by atoms with van der Waals surface area (Å²) in [5, 5.41) is 0. The molecular weight excluding hydrogens is 204 g/mol.